The molecule has 0 bridgehead atoms. The van der Waals surface area contributed by atoms with Crippen LogP contribution in [0, 0.1) is 6.92 Å². The van der Waals surface area contributed by atoms with Crippen LogP contribution >= 0.6 is 0 Å². The van der Waals surface area contributed by atoms with E-state index in [1.165, 1.54) is 5.56 Å². The number of hydrogen-bond acceptors (Lipinski definition) is 4. The number of hydrogen-bond donors (Lipinski definition) is 1. The van der Waals surface area contributed by atoms with Crippen molar-refractivity contribution in [2.24, 2.45) is 4.99 Å². The number of amidine groups is 1. The number of rotatable bonds is 1. The zero-order valence-electron chi connectivity index (χ0n) is 10.2. The fourth-order valence-electron chi connectivity index (χ4n) is 2.34. The Morgan fingerprint density at radius 3 is 3.12 bits per heavy atom. The third kappa shape index (κ3) is 1.84. The molecule has 0 saturated carbocycles. The molecule has 0 amide bonds. The van der Waals surface area contributed by atoms with Gasteiger partial charge in [-0.15, -0.1) is 0 Å². The fourth-order valence-corrected chi connectivity index (χ4v) is 2.34. The lowest BCUT2D eigenvalue weighted by Crippen LogP contribution is -2.46. The smallest absolute Gasteiger partial charge is 0.173 e. The molecule has 4 nitrogen and oxygen atoms in total. The third-order valence-electron chi connectivity index (χ3n) is 3.24. The first-order chi connectivity index (χ1) is 8.24. The highest BCUT2D eigenvalue weighted by molar-refractivity contribution is 5.89. The molecule has 0 aliphatic carbocycles. The van der Waals surface area contributed by atoms with Crippen LogP contribution in [0.2, 0.25) is 0 Å². The SMILES string of the molecule is Cc1ccc2c(c1)O[C@H](C1=NCCN1)CN2C. The van der Waals surface area contributed by atoms with Crippen molar-refractivity contribution in [1.82, 2.24) is 5.32 Å². The van der Waals surface area contributed by atoms with E-state index in [0.717, 1.165) is 36.9 Å². The predicted molar refractivity (Wildman–Crippen MR) is 69.2 cm³/mol. The average Bonchev–Trinajstić information content (AvgIpc) is 2.81. The highest BCUT2D eigenvalue weighted by Crippen LogP contribution is 2.33. The maximum atomic E-state index is 6.03. The van der Waals surface area contributed by atoms with Crippen LogP contribution in [0.4, 0.5) is 5.69 Å². The van der Waals surface area contributed by atoms with Crippen LogP contribution in [0.3, 0.4) is 0 Å². The molecule has 1 aromatic carbocycles. The van der Waals surface area contributed by atoms with E-state index in [9.17, 15) is 0 Å². The molecule has 1 aromatic rings. The summed E-state index contributed by atoms with van der Waals surface area (Å²) in [5.74, 6) is 1.95. The van der Waals surface area contributed by atoms with Crippen LogP contribution in [0.15, 0.2) is 23.2 Å². The molecule has 4 heteroatoms. The minimum Gasteiger partial charge on any atom is -0.478 e. The van der Waals surface area contributed by atoms with Crippen molar-refractivity contribution in [3.05, 3.63) is 23.8 Å². The van der Waals surface area contributed by atoms with Gasteiger partial charge in [-0.05, 0) is 24.6 Å². The van der Waals surface area contributed by atoms with E-state index in [1.807, 2.05) is 0 Å². The van der Waals surface area contributed by atoms with Gasteiger partial charge in [0, 0.05) is 13.6 Å². The van der Waals surface area contributed by atoms with Gasteiger partial charge in [0.05, 0.1) is 18.8 Å². The molecular weight excluding hydrogens is 214 g/mol. The Hall–Kier alpha value is -1.71. The largest absolute Gasteiger partial charge is 0.478 e. The number of aryl methyl sites for hydroxylation is 1. The summed E-state index contributed by atoms with van der Waals surface area (Å²) >= 11 is 0. The van der Waals surface area contributed by atoms with Crippen LogP contribution in [0.5, 0.6) is 5.75 Å². The molecule has 0 unspecified atom stereocenters. The molecule has 0 saturated heterocycles. The van der Waals surface area contributed by atoms with E-state index in [1.54, 1.807) is 0 Å². The summed E-state index contributed by atoms with van der Waals surface area (Å²) in [5.41, 5.74) is 2.38. The minimum atomic E-state index is 0.0387. The topological polar surface area (TPSA) is 36.9 Å². The van der Waals surface area contributed by atoms with E-state index in [-0.39, 0.29) is 6.10 Å². The Morgan fingerprint density at radius 1 is 1.47 bits per heavy atom. The third-order valence-corrected chi connectivity index (χ3v) is 3.24. The van der Waals surface area contributed by atoms with Gasteiger partial charge in [0.25, 0.3) is 0 Å². The number of aliphatic imine (C=N–C) groups is 1. The van der Waals surface area contributed by atoms with Gasteiger partial charge in [0.1, 0.15) is 11.6 Å². The van der Waals surface area contributed by atoms with Gasteiger partial charge in [-0.3, -0.25) is 4.99 Å². The van der Waals surface area contributed by atoms with Gasteiger partial charge in [-0.1, -0.05) is 6.07 Å². The molecule has 17 heavy (non-hydrogen) atoms. The average molecular weight is 231 g/mol. The maximum absolute atomic E-state index is 6.03. The summed E-state index contributed by atoms with van der Waals surface area (Å²) < 4.78 is 6.03. The molecule has 2 aliphatic heterocycles. The number of ether oxygens (including phenoxy) is 1. The van der Waals surface area contributed by atoms with E-state index in [4.69, 9.17) is 4.74 Å². The van der Waals surface area contributed by atoms with Crippen LogP contribution in [-0.2, 0) is 0 Å². The Morgan fingerprint density at radius 2 is 2.35 bits per heavy atom. The Kier molecular flexibility index (Phi) is 2.42. The van der Waals surface area contributed by atoms with Gasteiger partial charge in [0.15, 0.2) is 6.10 Å². The lowest BCUT2D eigenvalue weighted by Gasteiger charge is -2.34. The van der Waals surface area contributed by atoms with Crippen LogP contribution in [0.25, 0.3) is 0 Å². The lowest BCUT2D eigenvalue weighted by molar-refractivity contribution is 0.255. The normalized spacial score (nSPS) is 22.6. The van der Waals surface area contributed by atoms with Gasteiger partial charge in [-0.25, -0.2) is 0 Å². The predicted octanol–water partition coefficient (Wildman–Crippen LogP) is 1.19. The van der Waals surface area contributed by atoms with Crippen molar-refractivity contribution >= 4 is 11.5 Å². The van der Waals surface area contributed by atoms with Gasteiger partial charge < -0.3 is 15.0 Å². The summed E-state index contributed by atoms with van der Waals surface area (Å²) in [5, 5.41) is 3.29. The number of anilines is 1. The van der Waals surface area contributed by atoms with Crippen molar-refractivity contribution in [2.75, 3.05) is 31.6 Å². The zero-order chi connectivity index (χ0) is 11.8. The summed E-state index contributed by atoms with van der Waals surface area (Å²) in [7, 11) is 2.10. The van der Waals surface area contributed by atoms with Gasteiger partial charge in [0.2, 0.25) is 0 Å². The molecule has 0 fully saturated rings. The number of nitrogens with zero attached hydrogens (tertiary/aromatic N) is 2. The van der Waals surface area contributed by atoms with Crippen LogP contribution in [-0.4, -0.2) is 38.6 Å². The lowest BCUT2D eigenvalue weighted by atomic mass is 10.1. The van der Waals surface area contributed by atoms with Crippen molar-refractivity contribution in [2.45, 2.75) is 13.0 Å². The zero-order valence-corrected chi connectivity index (χ0v) is 10.2. The van der Waals surface area contributed by atoms with Crippen molar-refractivity contribution in [3.8, 4) is 5.75 Å². The van der Waals surface area contributed by atoms with Crippen molar-refractivity contribution in [3.63, 3.8) is 0 Å². The number of likely N-dealkylation sites (N-methyl/N-ethyl adjacent to an activating group) is 1. The van der Waals surface area contributed by atoms with E-state index < -0.39 is 0 Å². The monoisotopic (exact) mass is 231 g/mol. The number of benzene rings is 1. The Bertz CT molecular complexity index is 470. The van der Waals surface area contributed by atoms with Gasteiger partial charge >= 0.3 is 0 Å². The first-order valence-corrected chi connectivity index (χ1v) is 6.01. The highest BCUT2D eigenvalue weighted by atomic mass is 16.5. The number of nitrogens with one attached hydrogen (secondary N) is 1. The Balaban J connectivity index is 1.91. The van der Waals surface area contributed by atoms with E-state index >= 15 is 0 Å². The first-order valence-electron chi connectivity index (χ1n) is 6.01. The van der Waals surface area contributed by atoms with Gasteiger partial charge in [-0.2, -0.15) is 0 Å². The quantitative estimate of drug-likeness (QED) is 0.789. The van der Waals surface area contributed by atoms with Crippen molar-refractivity contribution in [1.29, 1.82) is 0 Å². The summed E-state index contributed by atoms with van der Waals surface area (Å²) in [6, 6.07) is 6.32. The fraction of sp³-hybridized carbons (Fsp3) is 0.462. The van der Waals surface area contributed by atoms with Crippen LogP contribution < -0.4 is 15.0 Å². The molecule has 0 spiro atoms. The second-order valence-electron chi connectivity index (χ2n) is 4.65. The molecule has 3 rings (SSSR count). The van der Waals surface area contributed by atoms with E-state index in [2.05, 4.69) is 47.4 Å². The highest BCUT2D eigenvalue weighted by Gasteiger charge is 2.28. The summed E-state index contributed by atoms with van der Waals surface area (Å²) in [4.78, 5) is 6.67. The number of fused-ring (bicyclic) bond motifs is 1. The second-order valence-corrected chi connectivity index (χ2v) is 4.65. The first kappa shape index (κ1) is 10.4. The molecule has 0 aromatic heterocycles. The standard InChI is InChI=1S/C13H17N3O/c1-9-3-4-10-11(7-9)17-12(8-16(10)2)13-14-5-6-15-13/h3-4,7,12H,5-6,8H2,1-2H3,(H,14,15)/t12-/m0/s1. The van der Waals surface area contributed by atoms with E-state index in [0.29, 0.717) is 0 Å². The maximum Gasteiger partial charge on any atom is 0.173 e. The van der Waals surface area contributed by atoms with Crippen LogP contribution in [0.1, 0.15) is 5.56 Å². The summed E-state index contributed by atoms with van der Waals surface area (Å²) in [6.07, 6.45) is 0.0387. The molecular formula is C13H17N3O. The molecule has 2 aliphatic rings. The molecule has 0 radical (unpaired) electrons. The molecule has 90 valence electrons. The second kappa shape index (κ2) is 3.95. The molecule has 1 atom stereocenters. The minimum absolute atomic E-state index is 0.0387. The molecule has 1 N–H and O–H groups in total. The molecule has 2 heterocycles. The summed E-state index contributed by atoms with van der Waals surface area (Å²) in [6.45, 7) is 4.72. The Labute approximate surface area is 101 Å². The van der Waals surface area contributed by atoms with Crippen molar-refractivity contribution < 1.29 is 4.74 Å².